The minimum atomic E-state index is -0.596. The third kappa shape index (κ3) is 2.15. The molecule has 1 radical (unpaired) electrons. The summed E-state index contributed by atoms with van der Waals surface area (Å²) in [5.74, 6) is -1.18. The molecular formula is C11H11O4. The molecule has 0 unspecified atom stereocenters. The third-order valence-electron chi connectivity index (χ3n) is 1.95. The van der Waals surface area contributed by atoms with Gasteiger partial charge >= 0.3 is 11.9 Å². The van der Waals surface area contributed by atoms with E-state index in [0.717, 1.165) is 0 Å². The van der Waals surface area contributed by atoms with Gasteiger partial charge < -0.3 is 9.47 Å². The highest BCUT2D eigenvalue weighted by molar-refractivity contribution is 6.04. The van der Waals surface area contributed by atoms with Crippen molar-refractivity contribution in [3.63, 3.8) is 0 Å². The average molecular weight is 207 g/mol. The molecular weight excluding hydrogens is 196 g/mol. The van der Waals surface area contributed by atoms with Crippen molar-refractivity contribution in [3.8, 4) is 0 Å². The molecule has 0 atom stereocenters. The molecule has 1 aromatic rings. The van der Waals surface area contributed by atoms with Crippen LogP contribution >= 0.6 is 0 Å². The molecule has 0 aliphatic heterocycles. The van der Waals surface area contributed by atoms with Gasteiger partial charge in [-0.15, -0.1) is 0 Å². The lowest BCUT2D eigenvalue weighted by Crippen LogP contribution is -2.13. The van der Waals surface area contributed by atoms with Gasteiger partial charge in [-0.3, -0.25) is 0 Å². The predicted molar refractivity (Wildman–Crippen MR) is 53.6 cm³/mol. The van der Waals surface area contributed by atoms with Crippen molar-refractivity contribution in [2.75, 3.05) is 14.2 Å². The summed E-state index contributed by atoms with van der Waals surface area (Å²) < 4.78 is 9.12. The van der Waals surface area contributed by atoms with Gasteiger partial charge in [0.15, 0.2) is 0 Å². The van der Waals surface area contributed by atoms with Crippen molar-refractivity contribution in [2.24, 2.45) is 0 Å². The molecule has 0 aliphatic rings. The Morgan fingerprint density at radius 2 is 1.73 bits per heavy atom. The molecule has 0 amide bonds. The van der Waals surface area contributed by atoms with E-state index in [4.69, 9.17) is 0 Å². The fraction of sp³-hybridized carbons (Fsp3) is 0.182. The Kier molecular flexibility index (Phi) is 3.44. The maximum atomic E-state index is 11.4. The zero-order chi connectivity index (χ0) is 11.4. The summed E-state index contributed by atoms with van der Waals surface area (Å²) in [4.78, 5) is 22.8. The normalized spacial score (nSPS) is 9.53. The largest absolute Gasteiger partial charge is 0.465 e. The van der Waals surface area contributed by atoms with Crippen LogP contribution in [0.15, 0.2) is 18.2 Å². The second-order valence-corrected chi connectivity index (χ2v) is 2.82. The van der Waals surface area contributed by atoms with Crippen LogP contribution in [0, 0.1) is 6.92 Å². The minimum absolute atomic E-state index is 0.145. The van der Waals surface area contributed by atoms with Crippen molar-refractivity contribution in [1.82, 2.24) is 0 Å². The van der Waals surface area contributed by atoms with E-state index in [9.17, 15) is 9.59 Å². The number of methoxy groups -OCH3 is 2. The molecule has 4 heteroatoms. The topological polar surface area (TPSA) is 52.6 Å². The molecule has 0 aliphatic carbocycles. The molecule has 0 heterocycles. The fourth-order valence-corrected chi connectivity index (χ4v) is 1.22. The zero-order valence-electron chi connectivity index (χ0n) is 8.57. The van der Waals surface area contributed by atoms with Crippen molar-refractivity contribution >= 4 is 11.9 Å². The second-order valence-electron chi connectivity index (χ2n) is 2.82. The van der Waals surface area contributed by atoms with Crippen molar-refractivity contribution in [1.29, 1.82) is 0 Å². The summed E-state index contributed by atoms with van der Waals surface area (Å²) in [6.07, 6.45) is 0. The molecule has 0 N–H and O–H groups in total. The maximum Gasteiger partial charge on any atom is 0.339 e. The van der Waals surface area contributed by atoms with Crippen molar-refractivity contribution in [2.45, 2.75) is 0 Å². The third-order valence-corrected chi connectivity index (χ3v) is 1.95. The molecule has 1 rings (SSSR count). The lowest BCUT2D eigenvalue weighted by molar-refractivity contribution is 0.0555. The van der Waals surface area contributed by atoms with Gasteiger partial charge in [-0.2, -0.15) is 0 Å². The number of hydrogen-bond acceptors (Lipinski definition) is 4. The first-order valence-corrected chi connectivity index (χ1v) is 4.23. The summed E-state index contributed by atoms with van der Waals surface area (Å²) in [6.45, 7) is 3.66. The summed E-state index contributed by atoms with van der Waals surface area (Å²) in [6, 6.07) is 4.74. The van der Waals surface area contributed by atoms with E-state index in [2.05, 4.69) is 16.4 Å². The average Bonchev–Trinajstić information content (AvgIpc) is 2.26. The Labute approximate surface area is 87.8 Å². The lowest BCUT2D eigenvalue weighted by atomic mass is 10.0. The van der Waals surface area contributed by atoms with Gasteiger partial charge in [-0.05, 0) is 18.6 Å². The highest BCUT2D eigenvalue weighted by atomic mass is 16.5. The molecule has 1 aromatic carbocycles. The molecule has 0 saturated carbocycles. The van der Waals surface area contributed by atoms with Crippen LogP contribution in [0.4, 0.5) is 0 Å². The van der Waals surface area contributed by atoms with E-state index >= 15 is 0 Å². The fourth-order valence-electron chi connectivity index (χ4n) is 1.22. The molecule has 79 valence electrons. The number of hydrogen-bond donors (Lipinski definition) is 0. The van der Waals surface area contributed by atoms with Crippen LogP contribution in [0.3, 0.4) is 0 Å². The summed E-state index contributed by atoms with van der Waals surface area (Å²) in [5, 5.41) is 0. The van der Waals surface area contributed by atoms with Gasteiger partial charge in [0.05, 0.1) is 25.3 Å². The maximum absolute atomic E-state index is 11.4. The Morgan fingerprint density at radius 3 is 2.27 bits per heavy atom. The van der Waals surface area contributed by atoms with E-state index in [-0.39, 0.29) is 11.1 Å². The Bertz CT molecular complexity index is 396. The number of esters is 2. The van der Waals surface area contributed by atoms with Gasteiger partial charge in [0.25, 0.3) is 0 Å². The first-order valence-electron chi connectivity index (χ1n) is 4.23. The van der Waals surface area contributed by atoms with Gasteiger partial charge in [-0.25, -0.2) is 9.59 Å². The first-order chi connectivity index (χ1) is 7.11. The van der Waals surface area contributed by atoms with Crippen molar-refractivity contribution < 1.29 is 19.1 Å². The monoisotopic (exact) mass is 207 g/mol. The Hall–Kier alpha value is -1.84. The number of ether oxygens (including phenoxy) is 2. The minimum Gasteiger partial charge on any atom is -0.465 e. The van der Waals surface area contributed by atoms with Crippen LogP contribution < -0.4 is 0 Å². The number of benzene rings is 1. The molecule has 15 heavy (non-hydrogen) atoms. The summed E-state index contributed by atoms with van der Waals surface area (Å²) in [5.41, 5.74) is 0.744. The standard InChI is InChI=1S/C11H11O4/c1-7-5-4-6-8(10(12)14-2)9(7)11(13)15-3/h4-6H,1H2,2-3H3. The van der Waals surface area contributed by atoms with Crippen LogP contribution in [0.5, 0.6) is 0 Å². The van der Waals surface area contributed by atoms with Crippen LogP contribution in [0.1, 0.15) is 26.3 Å². The smallest absolute Gasteiger partial charge is 0.339 e. The SMILES string of the molecule is [CH2]c1cccc(C(=O)OC)c1C(=O)OC. The Balaban J connectivity index is 3.32. The van der Waals surface area contributed by atoms with E-state index in [1.807, 2.05) is 0 Å². The first kappa shape index (κ1) is 11.2. The number of rotatable bonds is 2. The highest BCUT2D eigenvalue weighted by Gasteiger charge is 2.19. The number of carbonyl (C=O) groups is 2. The van der Waals surface area contributed by atoms with E-state index in [0.29, 0.717) is 5.56 Å². The van der Waals surface area contributed by atoms with E-state index in [1.54, 1.807) is 12.1 Å². The predicted octanol–water partition coefficient (Wildman–Crippen LogP) is 1.44. The number of carbonyl (C=O) groups excluding carboxylic acids is 2. The molecule has 0 saturated heterocycles. The molecule has 4 nitrogen and oxygen atoms in total. The van der Waals surface area contributed by atoms with Gasteiger partial charge in [-0.1, -0.05) is 12.1 Å². The van der Waals surface area contributed by atoms with Gasteiger partial charge in [0.1, 0.15) is 0 Å². The molecule has 0 bridgehead atoms. The highest BCUT2D eigenvalue weighted by Crippen LogP contribution is 2.16. The van der Waals surface area contributed by atoms with Crippen LogP contribution in [-0.4, -0.2) is 26.2 Å². The second kappa shape index (κ2) is 4.59. The van der Waals surface area contributed by atoms with Crippen LogP contribution in [0.25, 0.3) is 0 Å². The molecule has 0 aromatic heterocycles. The molecule has 0 fully saturated rings. The molecule has 0 spiro atoms. The van der Waals surface area contributed by atoms with Crippen LogP contribution in [-0.2, 0) is 9.47 Å². The van der Waals surface area contributed by atoms with E-state index in [1.165, 1.54) is 20.3 Å². The van der Waals surface area contributed by atoms with Crippen LogP contribution in [0.2, 0.25) is 0 Å². The summed E-state index contributed by atoms with van der Waals surface area (Å²) >= 11 is 0. The lowest BCUT2D eigenvalue weighted by Gasteiger charge is -2.08. The van der Waals surface area contributed by atoms with Crippen molar-refractivity contribution in [3.05, 3.63) is 41.8 Å². The quantitative estimate of drug-likeness (QED) is 0.688. The van der Waals surface area contributed by atoms with Gasteiger partial charge in [0.2, 0.25) is 0 Å². The zero-order valence-corrected chi connectivity index (χ0v) is 8.57. The summed E-state index contributed by atoms with van der Waals surface area (Å²) in [7, 11) is 2.50. The van der Waals surface area contributed by atoms with E-state index < -0.39 is 11.9 Å². The Morgan fingerprint density at radius 1 is 1.13 bits per heavy atom. The van der Waals surface area contributed by atoms with Gasteiger partial charge in [0, 0.05) is 0 Å².